The highest BCUT2D eigenvalue weighted by atomic mass is 79.9. The number of halogens is 1. The Morgan fingerprint density at radius 2 is 2.10 bits per heavy atom. The summed E-state index contributed by atoms with van der Waals surface area (Å²) in [5.74, 6) is 1.03. The molecule has 2 unspecified atom stereocenters. The fraction of sp³-hybridized carbons (Fsp3) is 0.375. The van der Waals surface area contributed by atoms with Gasteiger partial charge in [-0.15, -0.1) is 11.3 Å². The van der Waals surface area contributed by atoms with Gasteiger partial charge in [-0.3, -0.25) is 0 Å². The Labute approximate surface area is 131 Å². The summed E-state index contributed by atoms with van der Waals surface area (Å²) in [7, 11) is 0. The largest absolute Gasteiger partial charge is 0.491 e. The molecule has 0 bridgehead atoms. The van der Waals surface area contributed by atoms with Gasteiger partial charge in [-0.25, -0.2) is 0 Å². The summed E-state index contributed by atoms with van der Waals surface area (Å²) in [5, 5.41) is 3.80. The van der Waals surface area contributed by atoms with Crippen molar-refractivity contribution in [3.05, 3.63) is 50.1 Å². The SMILES string of the molecule is Brc1cc2c(s1)CCCC2NC1COc2ccccc21. The third-order valence-electron chi connectivity index (χ3n) is 4.19. The molecule has 2 aromatic rings. The Kier molecular flexibility index (Phi) is 3.33. The summed E-state index contributed by atoms with van der Waals surface area (Å²) >= 11 is 5.51. The van der Waals surface area contributed by atoms with Crippen LogP contribution in [0.3, 0.4) is 0 Å². The van der Waals surface area contributed by atoms with E-state index in [4.69, 9.17) is 4.74 Å². The van der Waals surface area contributed by atoms with Crippen LogP contribution in [0, 0.1) is 0 Å². The number of aryl methyl sites for hydroxylation is 1. The molecule has 1 aromatic carbocycles. The fourth-order valence-corrected chi connectivity index (χ4v) is 5.06. The zero-order chi connectivity index (χ0) is 13.5. The van der Waals surface area contributed by atoms with Crippen LogP contribution >= 0.6 is 27.3 Å². The molecular formula is C16H16BrNOS. The summed E-state index contributed by atoms with van der Waals surface area (Å²) in [6.07, 6.45) is 3.71. The van der Waals surface area contributed by atoms with Gasteiger partial charge in [-0.1, -0.05) is 18.2 Å². The number of benzene rings is 1. The second-order valence-electron chi connectivity index (χ2n) is 5.44. The lowest BCUT2D eigenvalue weighted by Gasteiger charge is -2.26. The van der Waals surface area contributed by atoms with Crippen molar-refractivity contribution < 1.29 is 4.74 Å². The molecule has 0 saturated heterocycles. The first-order valence-electron chi connectivity index (χ1n) is 7.07. The van der Waals surface area contributed by atoms with Gasteiger partial charge in [0.2, 0.25) is 0 Å². The van der Waals surface area contributed by atoms with E-state index < -0.39 is 0 Å². The Bertz CT molecular complexity index is 639. The quantitative estimate of drug-likeness (QED) is 0.854. The van der Waals surface area contributed by atoms with Crippen molar-refractivity contribution in [3.63, 3.8) is 0 Å². The number of hydrogen-bond donors (Lipinski definition) is 1. The molecule has 4 rings (SSSR count). The summed E-state index contributed by atoms with van der Waals surface area (Å²) < 4.78 is 7.03. The van der Waals surface area contributed by atoms with Gasteiger partial charge in [0.25, 0.3) is 0 Å². The number of hydrogen-bond acceptors (Lipinski definition) is 3. The second-order valence-corrected chi connectivity index (χ2v) is 7.96. The van der Waals surface area contributed by atoms with Crippen LogP contribution in [0.15, 0.2) is 34.1 Å². The summed E-state index contributed by atoms with van der Waals surface area (Å²) in [6.45, 7) is 0.747. The van der Waals surface area contributed by atoms with Crippen molar-refractivity contribution in [1.29, 1.82) is 0 Å². The van der Waals surface area contributed by atoms with Crippen LogP contribution in [0.2, 0.25) is 0 Å². The first-order valence-corrected chi connectivity index (χ1v) is 8.68. The molecule has 2 aliphatic rings. The molecule has 1 aliphatic heterocycles. The van der Waals surface area contributed by atoms with E-state index in [0.29, 0.717) is 12.1 Å². The van der Waals surface area contributed by atoms with E-state index in [1.165, 1.54) is 39.1 Å². The second kappa shape index (κ2) is 5.17. The molecule has 104 valence electrons. The van der Waals surface area contributed by atoms with Gasteiger partial charge in [0.15, 0.2) is 0 Å². The highest BCUT2D eigenvalue weighted by Gasteiger charge is 2.29. The summed E-state index contributed by atoms with van der Waals surface area (Å²) in [4.78, 5) is 1.54. The van der Waals surface area contributed by atoms with Crippen molar-refractivity contribution in [2.45, 2.75) is 31.3 Å². The molecule has 1 aromatic heterocycles. The standard InChI is InChI=1S/C16H16BrNOS/c17-16-8-11-12(5-3-7-15(11)20-16)18-13-9-19-14-6-2-1-4-10(13)14/h1-2,4,6,8,12-13,18H,3,5,7,9H2. The molecule has 0 radical (unpaired) electrons. The van der Waals surface area contributed by atoms with Crippen molar-refractivity contribution in [3.8, 4) is 5.75 Å². The van der Waals surface area contributed by atoms with Gasteiger partial charge in [0, 0.05) is 16.5 Å². The van der Waals surface area contributed by atoms with Crippen molar-refractivity contribution >= 4 is 27.3 Å². The molecule has 2 heterocycles. The molecule has 20 heavy (non-hydrogen) atoms. The van der Waals surface area contributed by atoms with Gasteiger partial charge in [-0.05, 0) is 52.9 Å². The molecule has 0 spiro atoms. The lowest BCUT2D eigenvalue weighted by atomic mass is 9.93. The van der Waals surface area contributed by atoms with E-state index in [9.17, 15) is 0 Å². The molecule has 2 atom stereocenters. The lowest BCUT2D eigenvalue weighted by molar-refractivity contribution is 0.290. The van der Waals surface area contributed by atoms with Crippen LogP contribution in [0.25, 0.3) is 0 Å². The maximum absolute atomic E-state index is 5.78. The normalized spacial score (nSPS) is 24.1. The average molecular weight is 350 g/mol. The zero-order valence-electron chi connectivity index (χ0n) is 11.1. The van der Waals surface area contributed by atoms with Crippen molar-refractivity contribution in [2.75, 3.05) is 6.61 Å². The molecular weight excluding hydrogens is 334 g/mol. The van der Waals surface area contributed by atoms with Gasteiger partial charge in [0.1, 0.15) is 12.4 Å². The Morgan fingerprint density at radius 3 is 3.05 bits per heavy atom. The third kappa shape index (κ3) is 2.20. The Morgan fingerprint density at radius 1 is 1.20 bits per heavy atom. The number of thiophene rings is 1. The summed E-state index contributed by atoms with van der Waals surface area (Å²) in [6, 6.07) is 11.4. The highest BCUT2D eigenvalue weighted by Crippen LogP contribution is 2.40. The third-order valence-corrected chi connectivity index (χ3v) is 5.90. The van der Waals surface area contributed by atoms with E-state index in [1.54, 1.807) is 0 Å². The molecule has 2 nitrogen and oxygen atoms in total. The Balaban J connectivity index is 1.59. The topological polar surface area (TPSA) is 21.3 Å². The number of ether oxygens (including phenoxy) is 1. The average Bonchev–Trinajstić information content (AvgIpc) is 3.03. The van der Waals surface area contributed by atoms with E-state index in [-0.39, 0.29) is 0 Å². The predicted molar refractivity (Wildman–Crippen MR) is 85.5 cm³/mol. The fourth-order valence-electron chi connectivity index (χ4n) is 3.24. The Hall–Kier alpha value is -0.840. The highest BCUT2D eigenvalue weighted by molar-refractivity contribution is 9.11. The van der Waals surface area contributed by atoms with Crippen LogP contribution in [-0.2, 0) is 6.42 Å². The number of nitrogens with one attached hydrogen (secondary N) is 1. The van der Waals surface area contributed by atoms with Crippen LogP contribution < -0.4 is 10.1 Å². The molecule has 0 saturated carbocycles. The number of fused-ring (bicyclic) bond motifs is 2. The first-order chi connectivity index (χ1) is 9.81. The van der Waals surface area contributed by atoms with E-state index >= 15 is 0 Å². The summed E-state index contributed by atoms with van der Waals surface area (Å²) in [5.41, 5.74) is 2.78. The van der Waals surface area contributed by atoms with E-state index in [2.05, 4.69) is 45.5 Å². The zero-order valence-corrected chi connectivity index (χ0v) is 13.5. The number of para-hydroxylation sites is 1. The van der Waals surface area contributed by atoms with Gasteiger partial charge in [0.05, 0.1) is 9.83 Å². The monoisotopic (exact) mass is 349 g/mol. The molecule has 0 amide bonds. The minimum Gasteiger partial charge on any atom is -0.491 e. The van der Waals surface area contributed by atoms with Crippen molar-refractivity contribution in [2.24, 2.45) is 0 Å². The molecule has 1 aliphatic carbocycles. The molecule has 1 N–H and O–H groups in total. The van der Waals surface area contributed by atoms with Gasteiger partial charge in [-0.2, -0.15) is 0 Å². The van der Waals surface area contributed by atoms with Crippen LogP contribution in [0.5, 0.6) is 5.75 Å². The maximum atomic E-state index is 5.78. The minimum absolute atomic E-state index is 0.320. The first kappa shape index (κ1) is 12.9. The van der Waals surface area contributed by atoms with Crippen LogP contribution in [0.4, 0.5) is 0 Å². The van der Waals surface area contributed by atoms with Crippen molar-refractivity contribution in [1.82, 2.24) is 5.32 Å². The van der Waals surface area contributed by atoms with E-state index in [1.807, 2.05) is 17.4 Å². The lowest BCUT2D eigenvalue weighted by Crippen LogP contribution is -2.29. The number of rotatable bonds is 2. The van der Waals surface area contributed by atoms with Gasteiger partial charge >= 0.3 is 0 Å². The van der Waals surface area contributed by atoms with E-state index in [0.717, 1.165) is 12.4 Å². The van der Waals surface area contributed by atoms with Crippen LogP contribution in [0.1, 0.15) is 40.9 Å². The predicted octanol–water partition coefficient (Wildman–Crippen LogP) is 4.61. The van der Waals surface area contributed by atoms with Crippen LogP contribution in [-0.4, -0.2) is 6.61 Å². The maximum Gasteiger partial charge on any atom is 0.124 e. The van der Waals surface area contributed by atoms with Gasteiger partial charge < -0.3 is 10.1 Å². The molecule has 4 heteroatoms. The minimum atomic E-state index is 0.320. The smallest absolute Gasteiger partial charge is 0.124 e. The molecule has 0 fully saturated rings.